The minimum atomic E-state index is -0.334. The summed E-state index contributed by atoms with van der Waals surface area (Å²) >= 11 is 5.99. The lowest BCUT2D eigenvalue weighted by molar-refractivity contribution is -0.117. The number of carbonyl (C=O) groups is 1. The van der Waals surface area contributed by atoms with Gasteiger partial charge in [0.25, 0.3) is 0 Å². The Morgan fingerprint density at radius 2 is 2.13 bits per heavy atom. The molecule has 0 bridgehead atoms. The van der Waals surface area contributed by atoms with Crippen LogP contribution in [0.2, 0.25) is 5.02 Å². The van der Waals surface area contributed by atoms with Gasteiger partial charge in [0, 0.05) is 23.6 Å². The number of halogens is 1. The van der Waals surface area contributed by atoms with Crippen LogP contribution in [0, 0.1) is 0 Å². The van der Waals surface area contributed by atoms with Crippen molar-refractivity contribution in [1.29, 1.82) is 0 Å². The molecule has 5 nitrogen and oxygen atoms in total. The SMILES string of the molecule is C[C@@H](C(=O)Nc1cnccc1-n1cccn1)c1cccc(Cl)c1. The molecule has 0 fully saturated rings. The minimum Gasteiger partial charge on any atom is -0.322 e. The van der Waals surface area contributed by atoms with E-state index in [-0.39, 0.29) is 11.8 Å². The molecule has 3 aromatic rings. The van der Waals surface area contributed by atoms with E-state index in [0.717, 1.165) is 11.3 Å². The molecule has 1 amide bonds. The molecule has 2 heterocycles. The molecule has 0 saturated carbocycles. The molecule has 0 radical (unpaired) electrons. The number of amides is 1. The van der Waals surface area contributed by atoms with E-state index in [2.05, 4.69) is 15.4 Å². The molecule has 1 atom stereocenters. The standard InChI is InChI=1S/C17H15ClN4O/c1-12(13-4-2-5-14(18)10-13)17(23)21-15-11-19-8-6-16(15)22-9-3-7-20-22/h2-12H,1H3,(H,21,23)/t12-/m1/s1. The van der Waals surface area contributed by atoms with E-state index in [1.807, 2.05) is 31.3 Å². The van der Waals surface area contributed by atoms with Crippen molar-refractivity contribution >= 4 is 23.2 Å². The lowest BCUT2D eigenvalue weighted by atomic mass is 10.0. The van der Waals surface area contributed by atoms with Gasteiger partial charge in [0.2, 0.25) is 5.91 Å². The molecule has 0 aliphatic carbocycles. The van der Waals surface area contributed by atoms with Crippen LogP contribution in [0.1, 0.15) is 18.4 Å². The fraction of sp³-hybridized carbons (Fsp3) is 0.118. The van der Waals surface area contributed by atoms with Gasteiger partial charge in [-0.3, -0.25) is 9.78 Å². The first-order valence-corrected chi connectivity index (χ1v) is 7.53. The topological polar surface area (TPSA) is 59.8 Å². The molecule has 0 unspecified atom stereocenters. The summed E-state index contributed by atoms with van der Waals surface area (Å²) in [5, 5.41) is 7.71. The third-order valence-electron chi connectivity index (χ3n) is 3.55. The van der Waals surface area contributed by atoms with Gasteiger partial charge in [-0.05, 0) is 36.8 Å². The average molecular weight is 327 g/mol. The van der Waals surface area contributed by atoms with E-state index in [1.165, 1.54) is 0 Å². The Bertz CT molecular complexity index is 817. The second kappa shape index (κ2) is 6.62. The third-order valence-corrected chi connectivity index (χ3v) is 3.78. The van der Waals surface area contributed by atoms with Crippen LogP contribution in [0.15, 0.2) is 61.2 Å². The molecule has 0 aliphatic heterocycles. The molecule has 116 valence electrons. The number of nitrogens with one attached hydrogen (secondary N) is 1. The van der Waals surface area contributed by atoms with Crippen molar-refractivity contribution in [3.63, 3.8) is 0 Å². The van der Waals surface area contributed by atoms with Crippen molar-refractivity contribution < 1.29 is 4.79 Å². The average Bonchev–Trinajstić information content (AvgIpc) is 3.09. The first-order chi connectivity index (χ1) is 11.1. The Hall–Kier alpha value is -2.66. The van der Waals surface area contributed by atoms with E-state index in [1.54, 1.807) is 41.5 Å². The summed E-state index contributed by atoms with van der Waals surface area (Å²) < 4.78 is 1.68. The van der Waals surface area contributed by atoms with E-state index in [4.69, 9.17) is 11.6 Å². The number of rotatable bonds is 4. The van der Waals surface area contributed by atoms with Crippen LogP contribution in [0.5, 0.6) is 0 Å². The van der Waals surface area contributed by atoms with Crippen LogP contribution in [0.25, 0.3) is 5.69 Å². The van der Waals surface area contributed by atoms with Crippen LogP contribution in [-0.4, -0.2) is 20.7 Å². The number of carbonyl (C=O) groups excluding carboxylic acids is 1. The molecule has 23 heavy (non-hydrogen) atoms. The summed E-state index contributed by atoms with van der Waals surface area (Å²) in [5.41, 5.74) is 2.23. The van der Waals surface area contributed by atoms with Crippen LogP contribution in [-0.2, 0) is 4.79 Å². The number of hydrogen-bond acceptors (Lipinski definition) is 3. The second-order valence-corrected chi connectivity index (χ2v) is 5.55. The number of benzene rings is 1. The van der Waals surface area contributed by atoms with E-state index < -0.39 is 0 Å². The number of anilines is 1. The molecule has 6 heteroatoms. The Morgan fingerprint density at radius 3 is 2.87 bits per heavy atom. The van der Waals surface area contributed by atoms with Gasteiger partial charge in [0.1, 0.15) is 0 Å². The van der Waals surface area contributed by atoms with Crippen LogP contribution in [0.3, 0.4) is 0 Å². The van der Waals surface area contributed by atoms with Crippen molar-refractivity contribution in [3.8, 4) is 5.69 Å². The molecule has 0 saturated heterocycles. The maximum atomic E-state index is 12.5. The lowest BCUT2D eigenvalue weighted by Crippen LogP contribution is -2.20. The number of pyridine rings is 1. The van der Waals surface area contributed by atoms with Gasteiger partial charge < -0.3 is 5.32 Å². The normalized spacial score (nSPS) is 11.9. The molecule has 1 aromatic carbocycles. The number of nitrogens with zero attached hydrogens (tertiary/aromatic N) is 3. The van der Waals surface area contributed by atoms with Crippen molar-refractivity contribution in [1.82, 2.24) is 14.8 Å². The highest BCUT2D eigenvalue weighted by atomic mass is 35.5. The first kappa shape index (κ1) is 15.2. The fourth-order valence-corrected chi connectivity index (χ4v) is 2.46. The van der Waals surface area contributed by atoms with Crippen molar-refractivity contribution in [2.45, 2.75) is 12.8 Å². The monoisotopic (exact) mass is 326 g/mol. The summed E-state index contributed by atoms with van der Waals surface area (Å²) in [6, 6.07) is 10.9. The Kier molecular flexibility index (Phi) is 4.39. The van der Waals surface area contributed by atoms with E-state index in [0.29, 0.717) is 10.7 Å². The zero-order valence-electron chi connectivity index (χ0n) is 12.5. The second-order valence-electron chi connectivity index (χ2n) is 5.11. The third kappa shape index (κ3) is 3.40. The molecular weight excluding hydrogens is 312 g/mol. The van der Waals surface area contributed by atoms with Crippen LogP contribution < -0.4 is 5.32 Å². The molecule has 1 N–H and O–H groups in total. The highest BCUT2D eigenvalue weighted by molar-refractivity contribution is 6.30. The summed E-state index contributed by atoms with van der Waals surface area (Å²) in [7, 11) is 0. The summed E-state index contributed by atoms with van der Waals surface area (Å²) in [5.74, 6) is -0.465. The van der Waals surface area contributed by atoms with Crippen molar-refractivity contribution in [3.05, 3.63) is 71.8 Å². The van der Waals surface area contributed by atoms with Gasteiger partial charge in [-0.15, -0.1) is 0 Å². The number of hydrogen-bond donors (Lipinski definition) is 1. The Labute approximate surface area is 138 Å². The van der Waals surface area contributed by atoms with Gasteiger partial charge in [-0.2, -0.15) is 5.10 Å². The van der Waals surface area contributed by atoms with Gasteiger partial charge in [-0.25, -0.2) is 4.68 Å². The zero-order chi connectivity index (χ0) is 16.2. The smallest absolute Gasteiger partial charge is 0.231 e. The van der Waals surface area contributed by atoms with E-state index >= 15 is 0 Å². The molecule has 2 aromatic heterocycles. The molecule has 0 spiro atoms. The largest absolute Gasteiger partial charge is 0.322 e. The predicted molar refractivity (Wildman–Crippen MR) is 89.9 cm³/mol. The number of aromatic nitrogens is 3. The Balaban J connectivity index is 1.84. The highest BCUT2D eigenvalue weighted by Crippen LogP contribution is 2.23. The quantitative estimate of drug-likeness (QED) is 0.796. The molecule has 0 aliphatic rings. The molecular formula is C17H15ClN4O. The van der Waals surface area contributed by atoms with Crippen molar-refractivity contribution in [2.75, 3.05) is 5.32 Å². The highest BCUT2D eigenvalue weighted by Gasteiger charge is 2.17. The summed E-state index contributed by atoms with van der Waals surface area (Å²) in [6.07, 6.45) is 6.76. The van der Waals surface area contributed by atoms with E-state index in [9.17, 15) is 4.79 Å². The predicted octanol–water partition coefficient (Wildman–Crippen LogP) is 3.66. The lowest BCUT2D eigenvalue weighted by Gasteiger charge is -2.15. The van der Waals surface area contributed by atoms with Gasteiger partial charge in [0.15, 0.2) is 0 Å². The maximum absolute atomic E-state index is 12.5. The molecule has 3 rings (SSSR count). The Morgan fingerprint density at radius 1 is 1.26 bits per heavy atom. The van der Waals surface area contributed by atoms with Gasteiger partial charge in [0.05, 0.1) is 23.5 Å². The minimum absolute atomic E-state index is 0.131. The van der Waals surface area contributed by atoms with Crippen molar-refractivity contribution in [2.24, 2.45) is 0 Å². The van der Waals surface area contributed by atoms with Crippen LogP contribution in [0.4, 0.5) is 5.69 Å². The summed E-state index contributed by atoms with van der Waals surface area (Å²) in [6.45, 7) is 1.84. The first-order valence-electron chi connectivity index (χ1n) is 7.15. The maximum Gasteiger partial charge on any atom is 0.231 e. The van der Waals surface area contributed by atoms with Gasteiger partial charge >= 0.3 is 0 Å². The van der Waals surface area contributed by atoms with Crippen LogP contribution >= 0.6 is 11.6 Å². The van der Waals surface area contributed by atoms with Gasteiger partial charge in [-0.1, -0.05) is 23.7 Å². The summed E-state index contributed by atoms with van der Waals surface area (Å²) in [4.78, 5) is 16.6. The fourth-order valence-electron chi connectivity index (χ4n) is 2.26. The zero-order valence-corrected chi connectivity index (χ0v) is 13.2.